The third kappa shape index (κ3) is 7.12. The fourth-order valence-electron chi connectivity index (χ4n) is 4.39. The van der Waals surface area contributed by atoms with E-state index in [1.165, 1.54) is 0 Å². The van der Waals surface area contributed by atoms with Crippen LogP contribution in [0, 0.1) is 12.8 Å². The second-order valence-corrected chi connectivity index (χ2v) is 10.4. The van der Waals surface area contributed by atoms with Gasteiger partial charge in [-0.05, 0) is 69.1 Å². The van der Waals surface area contributed by atoms with Gasteiger partial charge in [0.25, 0.3) is 0 Å². The van der Waals surface area contributed by atoms with Gasteiger partial charge < -0.3 is 5.32 Å². The highest BCUT2D eigenvalue weighted by Crippen LogP contribution is 2.33. The minimum Gasteiger partial charge on any atom is -0.313 e. The Bertz CT molecular complexity index is 1120. The average Bonchev–Trinajstić information content (AvgIpc) is 3.13. The highest BCUT2D eigenvalue weighted by molar-refractivity contribution is 6.35. The van der Waals surface area contributed by atoms with Crippen LogP contribution in [0.3, 0.4) is 0 Å². The maximum atomic E-state index is 6.58. The van der Waals surface area contributed by atoms with Crippen LogP contribution in [-0.4, -0.2) is 40.9 Å². The van der Waals surface area contributed by atoms with E-state index < -0.39 is 0 Å². The van der Waals surface area contributed by atoms with Crippen molar-refractivity contribution in [3.05, 3.63) is 81.4 Å². The molecule has 4 nitrogen and oxygen atoms in total. The van der Waals surface area contributed by atoms with Crippen molar-refractivity contribution < 1.29 is 0 Å². The molecule has 2 atom stereocenters. The molecule has 0 aliphatic rings. The van der Waals surface area contributed by atoms with E-state index in [0.717, 1.165) is 60.7 Å². The van der Waals surface area contributed by atoms with E-state index in [1.54, 1.807) is 6.07 Å². The summed E-state index contributed by atoms with van der Waals surface area (Å²) in [6.07, 6.45) is 4.20. The lowest BCUT2D eigenvalue weighted by molar-refractivity contribution is 0.295. The summed E-state index contributed by atoms with van der Waals surface area (Å²) in [4.78, 5) is 2.29. The first-order valence-electron chi connectivity index (χ1n) is 12.1. The number of benzene rings is 2. The molecule has 3 rings (SSSR count). The van der Waals surface area contributed by atoms with E-state index in [1.807, 2.05) is 47.2 Å². The first-order valence-corrected chi connectivity index (χ1v) is 13.2. The van der Waals surface area contributed by atoms with Gasteiger partial charge >= 0.3 is 0 Å². The number of likely N-dealkylation sites (N-methyl/N-ethyl adjacent to an activating group) is 1. The zero-order valence-electron chi connectivity index (χ0n) is 21.0. The molecule has 1 N–H and O–H groups in total. The van der Waals surface area contributed by atoms with Crippen LogP contribution in [0.4, 0.5) is 0 Å². The van der Waals surface area contributed by atoms with E-state index in [2.05, 4.69) is 44.6 Å². The van der Waals surface area contributed by atoms with Crippen LogP contribution < -0.4 is 5.32 Å². The Morgan fingerprint density at radius 1 is 1.11 bits per heavy atom. The van der Waals surface area contributed by atoms with Crippen LogP contribution in [0.5, 0.6) is 0 Å². The Hall–Kier alpha value is -1.82. The van der Waals surface area contributed by atoms with E-state index in [-0.39, 0.29) is 0 Å². The first-order chi connectivity index (χ1) is 16.7. The average molecular weight is 534 g/mol. The SMILES string of the molecule is C=CCC(CC)C(C)NCCN(C)Cc1nn(-c2ccc(Cl)cc2Cl)c(-c2ccc(Cl)cc2)c1C. The molecule has 0 saturated heterocycles. The minimum atomic E-state index is 0.455. The predicted octanol–water partition coefficient (Wildman–Crippen LogP) is 7.82. The number of rotatable bonds is 12. The summed E-state index contributed by atoms with van der Waals surface area (Å²) in [5, 5.41) is 10.5. The second-order valence-electron chi connectivity index (χ2n) is 9.11. The Labute approximate surface area is 224 Å². The lowest BCUT2D eigenvalue weighted by Crippen LogP contribution is -2.38. The minimum absolute atomic E-state index is 0.455. The van der Waals surface area contributed by atoms with Crippen LogP contribution in [-0.2, 0) is 6.54 Å². The molecule has 0 spiro atoms. The largest absolute Gasteiger partial charge is 0.313 e. The number of allylic oxidation sites excluding steroid dienone is 1. The lowest BCUT2D eigenvalue weighted by atomic mass is 9.95. The van der Waals surface area contributed by atoms with Gasteiger partial charge in [-0.15, -0.1) is 6.58 Å². The quantitative estimate of drug-likeness (QED) is 0.241. The molecule has 0 saturated carbocycles. The van der Waals surface area contributed by atoms with Crippen molar-refractivity contribution in [2.45, 2.75) is 46.2 Å². The van der Waals surface area contributed by atoms with Crippen molar-refractivity contribution in [3.8, 4) is 16.9 Å². The maximum Gasteiger partial charge on any atom is 0.0840 e. The maximum absolute atomic E-state index is 6.58. The smallest absolute Gasteiger partial charge is 0.0840 e. The third-order valence-corrected chi connectivity index (χ3v) is 7.35. The van der Waals surface area contributed by atoms with Crippen LogP contribution >= 0.6 is 34.8 Å². The van der Waals surface area contributed by atoms with Crippen LogP contribution in [0.25, 0.3) is 16.9 Å². The highest BCUT2D eigenvalue weighted by Gasteiger charge is 2.20. The van der Waals surface area contributed by atoms with Gasteiger partial charge in [0.1, 0.15) is 0 Å². The number of halogens is 3. The standard InChI is InChI=1S/C28H35Cl3N4/c1-6-8-21(7-2)20(4)32-15-16-34(5)18-26-19(3)28(22-9-11-23(29)12-10-22)35(33-26)27-14-13-24(30)17-25(27)31/h6,9-14,17,20-21,32H,1,7-8,15-16,18H2,2-5H3. The molecule has 35 heavy (non-hydrogen) atoms. The molecule has 2 unspecified atom stereocenters. The van der Waals surface area contributed by atoms with Gasteiger partial charge in [0.15, 0.2) is 0 Å². The highest BCUT2D eigenvalue weighted by atomic mass is 35.5. The Kier molecular flexibility index (Phi) is 10.3. The Morgan fingerprint density at radius 3 is 2.43 bits per heavy atom. The summed E-state index contributed by atoms with van der Waals surface area (Å²) in [5.74, 6) is 0.613. The fraction of sp³-hybridized carbons (Fsp3) is 0.393. The van der Waals surface area contributed by atoms with Gasteiger partial charge in [-0.1, -0.05) is 66.4 Å². The van der Waals surface area contributed by atoms with Crippen LogP contribution in [0.2, 0.25) is 15.1 Å². The molecule has 7 heteroatoms. The Morgan fingerprint density at radius 2 is 1.80 bits per heavy atom. The molecule has 0 radical (unpaired) electrons. The first kappa shape index (κ1) is 27.8. The van der Waals surface area contributed by atoms with Gasteiger partial charge in [0, 0.05) is 41.3 Å². The topological polar surface area (TPSA) is 33.1 Å². The normalized spacial score (nSPS) is 13.3. The summed E-state index contributed by atoms with van der Waals surface area (Å²) in [5.41, 5.74) is 4.94. The van der Waals surface area contributed by atoms with Gasteiger partial charge in [-0.2, -0.15) is 5.10 Å². The van der Waals surface area contributed by atoms with E-state index in [9.17, 15) is 0 Å². The monoisotopic (exact) mass is 532 g/mol. The van der Waals surface area contributed by atoms with E-state index in [0.29, 0.717) is 27.0 Å². The van der Waals surface area contributed by atoms with Crippen molar-refractivity contribution in [2.75, 3.05) is 20.1 Å². The molecule has 0 fully saturated rings. The molecule has 2 aromatic carbocycles. The molecule has 0 bridgehead atoms. The number of hydrogen-bond donors (Lipinski definition) is 1. The molecular formula is C28H35Cl3N4. The van der Waals surface area contributed by atoms with Crippen LogP contribution in [0.15, 0.2) is 55.1 Å². The molecule has 1 aromatic heterocycles. The lowest BCUT2D eigenvalue weighted by Gasteiger charge is -2.24. The molecule has 1 heterocycles. The van der Waals surface area contributed by atoms with Crippen LogP contribution in [0.1, 0.15) is 37.9 Å². The van der Waals surface area contributed by atoms with Crippen molar-refractivity contribution in [2.24, 2.45) is 5.92 Å². The number of nitrogens with zero attached hydrogens (tertiary/aromatic N) is 3. The molecule has 0 aliphatic carbocycles. The number of nitrogens with one attached hydrogen (secondary N) is 1. The van der Waals surface area contributed by atoms with Gasteiger partial charge in [0.05, 0.1) is 22.1 Å². The number of hydrogen-bond acceptors (Lipinski definition) is 3. The Balaban J connectivity index is 1.82. The summed E-state index contributed by atoms with van der Waals surface area (Å²) in [7, 11) is 2.13. The number of aromatic nitrogens is 2. The van der Waals surface area contributed by atoms with Crippen molar-refractivity contribution in [3.63, 3.8) is 0 Å². The molecular weight excluding hydrogens is 499 g/mol. The predicted molar refractivity (Wildman–Crippen MR) is 151 cm³/mol. The zero-order chi connectivity index (χ0) is 25.5. The van der Waals surface area contributed by atoms with Crippen molar-refractivity contribution >= 4 is 34.8 Å². The molecule has 188 valence electrons. The fourth-order valence-corrected chi connectivity index (χ4v) is 5.00. The second kappa shape index (κ2) is 12.9. The summed E-state index contributed by atoms with van der Waals surface area (Å²) in [6.45, 7) is 13.1. The van der Waals surface area contributed by atoms with Gasteiger partial charge in [-0.3, -0.25) is 4.90 Å². The van der Waals surface area contributed by atoms with Crippen molar-refractivity contribution in [1.82, 2.24) is 20.0 Å². The van der Waals surface area contributed by atoms with Gasteiger partial charge in [-0.25, -0.2) is 4.68 Å². The molecule has 0 aliphatic heterocycles. The zero-order valence-corrected chi connectivity index (χ0v) is 23.3. The summed E-state index contributed by atoms with van der Waals surface area (Å²) >= 11 is 18.9. The summed E-state index contributed by atoms with van der Waals surface area (Å²) < 4.78 is 1.92. The third-order valence-electron chi connectivity index (χ3n) is 6.56. The van der Waals surface area contributed by atoms with Crippen molar-refractivity contribution in [1.29, 1.82) is 0 Å². The van der Waals surface area contributed by atoms with E-state index in [4.69, 9.17) is 39.9 Å². The summed E-state index contributed by atoms with van der Waals surface area (Å²) in [6, 6.07) is 13.8. The van der Waals surface area contributed by atoms with Gasteiger partial charge in [0.2, 0.25) is 0 Å². The molecule has 0 amide bonds. The van der Waals surface area contributed by atoms with E-state index >= 15 is 0 Å². The molecule has 3 aromatic rings.